The van der Waals surface area contributed by atoms with Crippen LogP contribution in [-0.4, -0.2) is 10.2 Å². The minimum absolute atomic E-state index is 0.241. The Kier molecular flexibility index (Phi) is 5.26. The van der Waals surface area contributed by atoms with E-state index >= 15 is 0 Å². The number of anilines is 1. The highest BCUT2D eigenvalue weighted by Crippen LogP contribution is 2.28. The predicted molar refractivity (Wildman–Crippen MR) is 91.6 cm³/mol. The van der Waals surface area contributed by atoms with Crippen molar-refractivity contribution in [3.05, 3.63) is 90.2 Å². The number of rotatable bonds is 5. The van der Waals surface area contributed by atoms with Crippen molar-refractivity contribution in [2.75, 3.05) is 4.90 Å². The molecule has 22 heavy (non-hydrogen) atoms. The summed E-state index contributed by atoms with van der Waals surface area (Å²) in [7, 11) is 0. The van der Waals surface area contributed by atoms with Crippen molar-refractivity contribution in [1.29, 1.82) is 0 Å². The van der Waals surface area contributed by atoms with Crippen molar-refractivity contribution in [1.82, 2.24) is 0 Å². The molecule has 0 aromatic heterocycles. The molecule has 0 amide bonds. The molecule has 0 radical (unpaired) electrons. The Morgan fingerprint density at radius 3 is 2.45 bits per heavy atom. The number of hydrogen-bond donors (Lipinski definition) is 2. The second kappa shape index (κ2) is 7.36. The maximum absolute atomic E-state index is 9.83. The molecule has 1 aliphatic carbocycles. The van der Waals surface area contributed by atoms with Gasteiger partial charge in [-0.25, -0.2) is 0 Å². The molecule has 1 aromatic carbocycles. The van der Waals surface area contributed by atoms with Gasteiger partial charge in [-0.2, -0.15) is 0 Å². The van der Waals surface area contributed by atoms with E-state index < -0.39 is 0 Å². The summed E-state index contributed by atoms with van der Waals surface area (Å²) in [5.74, 6) is -0.588. The molecule has 1 aliphatic rings. The van der Waals surface area contributed by atoms with E-state index in [1.54, 1.807) is 0 Å². The molecular weight excluding hydrogens is 274 g/mol. The summed E-state index contributed by atoms with van der Waals surface area (Å²) in [5.41, 5.74) is 2.79. The summed E-state index contributed by atoms with van der Waals surface area (Å²) in [6.45, 7) is 5.24. The monoisotopic (exact) mass is 295 g/mol. The van der Waals surface area contributed by atoms with Crippen molar-refractivity contribution in [3.63, 3.8) is 0 Å². The van der Waals surface area contributed by atoms with Gasteiger partial charge in [-0.15, -0.1) is 0 Å². The van der Waals surface area contributed by atoms with Crippen LogP contribution in [0.4, 0.5) is 5.69 Å². The van der Waals surface area contributed by atoms with Gasteiger partial charge in [-0.3, -0.25) is 0 Å². The Labute approximate surface area is 131 Å². The minimum Gasteiger partial charge on any atom is -0.505 e. The number of para-hydroxylation sites is 1. The van der Waals surface area contributed by atoms with E-state index in [2.05, 4.69) is 24.8 Å². The van der Waals surface area contributed by atoms with Gasteiger partial charge in [-0.1, -0.05) is 43.0 Å². The van der Waals surface area contributed by atoms with Crippen molar-refractivity contribution < 1.29 is 10.2 Å². The largest absolute Gasteiger partial charge is 0.505 e. The summed E-state index contributed by atoms with van der Waals surface area (Å²) >= 11 is 0. The molecular formula is C19H21NO2. The molecule has 0 aliphatic heterocycles. The predicted octanol–water partition coefficient (Wildman–Crippen LogP) is 5.14. The van der Waals surface area contributed by atoms with Crippen molar-refractivity contribution in [2.45, 2.75) is 19.8 Å². The highest BCUT2D eigenvalue weighted by atomic mass is 16.3. The molecule has 1 aromatic rings. The maximum Gasteiger partial charge on any atom is 0.158 e. The zero-order valence-electron chi connectivity index (χ0n) is 12.7. The van der Waals surface area contributed by atoms with Crippen LogP contribution in [0.5, 0.6) is 0 Å². The number of nitrogens with zero attached hydrogens (tertiary/aromatic N) is 1. The third-order valence-electron chi connectivity index (χ3n) is 3.38. The summed E-state index contributed by atoms with van der Waals surface area (Å²) in [4.78, 5) is 2.04. The van der Waals surface area contributed by atoms with Crippen LogP contribution in [0.2, 0.25) is 0 Å². The lowest BCUT2D eigenvalue weighted by molar-refractivity contribution is 0.328. The maximum atomic E-state index is 9.83. The number of benzene rings is 1. The first-order chi connectivity index (χ1) is 10.6. The molecule has 2 N–H and O–H groups in total. The fourth-order valence-electron chi connectivity index (χ4n) is 2.29. The van der Waals surface area contributed by atoms with Crippen LogP contribution in [0.15, 0.2) is 90.2 Å². The van der Waals surface area contributed by atoms with Gasteiger partial charge >= 0.3 is 0 Å². The Balaban J connectivity index is 2.48. The average molecular weight is 295 g/mol. The quantitative estimate of drug-likeness (QED) is 0.583. The third-order valence-corrected chi connectivity index (χ3v) is 3.38. The van der Waals surface area contributed by atoms with Crippen LogP contribution in [0.1, 0.15) is 19.8 Å². The van der Waals surface area contributed by atoms with Gasteiger partial charge in [0.1, 0.15) is 5.76 Å². The molecule has 3 heteroatoms. The highest BCUT2D eigenvalue weighted by Gasteiger charge is 2.15. The van der Waals surface area contributed by atoms with Crippen LogP contribution in [-0.2, 0) is 0 Å². The topological polar surface area (TPSA) is 43.7 Å². The SMILES string of the molecule is C=C(O)/C(O)=C\C(=C/C)N(C1=CCCC=C1)c1ccccc1. The van der Waals surface area contributed by atoms with Crippen molar-refractivity contribution >= 4 is 5.69 Å². The van der Waals surface area contributed by atoms with E-state index in [0.717, 1.165) is 29.9 Å². The van der Waals surface area contributed by atoms with E-state index in [-0.39, 0.29) is 11.5 Å². The van der Waals surface area contributed by atoms with Gasteiger partial charge < -0.3 is 15.1 Å². The Bertz CT molecular complexity index is 651. The zero-order valence-corrected chi connectivity index (χ0v) is 12.7. The molecule has 0 spiro atoms. The number of hydrogen-bond acceptors (Lipinski definition) is 3. The van der Waals surface area contributed by atoms with E-state index in [9.17, 15) is 10.2 Å². The number of aliphatic hydroxyl groups is 2. The van der Waals surface area contributed by atoms with Gasteiger partial charge in [0, 0.05) is 23.2 Å². The number of allylic oxidation sites excluding steroid dienone is 5. The van der Waals surface area contributed by atoms with E-state index in [1.165, 1.54) is 6.08 Å². The first-order valence-corrected chi connectivity index (χ1v) is 7.30. The smallest absolute Gasteiger partial charge is 0.158 e. The second-order valence-electron chi connectivity index (χ2n) is 4.97. The molecule has 114 valence electrons. The lowest BCUT2D eigenvalue weighted by Gasteiger charge is -2.28. The van der Waals surface area contributed by atoms with E-state index in [0.29, 0.717) is 0 Å². The number of aliphatic hydroxyl groups excluding tert-OH is 2. The van der Waals surface area contributed by atoms with Gasteiger partial charge in [-0.05, 0) is 38.0 Å². The Morgan fingerprint density at radius 2 is 1.91 bits per heavy atom. The van der Waals surface area contributed by atoms with Crippen LogP contribution in [0.25, 0.3) is 0 Å². The van der Waals surface area contributed by atoms with Crippen LogP contribution >= 0.6 is 0 Å². The van der Waals surface area contributed by atoms with Gasteiger partial charge in [0.05, 0.1) is 0 Å². The summed E-state index contributed by atoms with van der Waals surface area (Å²) < 4.78 is 0. The summed E-state index contributed by atoms with van der Waals surface area (Å²) in [5, 5.41) is 19.2. The Hall–Kier alpha value is -2.68. The van der Waals surface area contributed by atoms with E-state index in [1.807, 2.05) is 48.2 Å². The second-order valence-corrected chi connectivity index (χ2v) is 4.97. The normalized spacial score (nSPS) is 15.4. The van der Waals surface area contributed by atoms with Gasteiger partial charge in [0.25, 0.3) is 0 Å². The van der Waals surface area contributed by atoms with E-state index in [4.69, 9.17) is 0 Å². The van der Waals surface area contributed by atoms with Crippen molar-refractivity contribution in [2.24, 2.45) is 0 Å². The van der Waals surface area contributed by atoms with Gasteiger partial charge in [0.15, 0.2) is 5.76 Å². The molecule has 0 saturated carbocycles. The third kappa shape index (κ3) is 3.70. The fraction of sp³-hybridized carbons (Fsp3) is 0.158. The first kappa shape index (κ1) is 15.7. The lowest BCUT2D eigenvalue weighted by atomic mass is 10.1. The zero-order chi connectivity index (χ0) is 15.9. The standard InChI is InChI=1S/C19H21NO2/c1-3-16(14-19(22)15(2)21)20(17-10-6-4-7-11-17)18-12-8-5-9-13-18/h3-4,6-8,10-14,21-22H,2,5,9H2,1H3/b16-3+,19-14+. The first-order valence-electron chi connectivity index (χ1n) is 7.30. The molecule has 0 heterocycles. The van der Waals surface area contributed by atoms with Gasteiger partial charge in [0.2, 0.25) is 0 Å². The fourth-order valence-corrected chi connectivity index (χ4v) is 2.29. The molecule has 2 rings (SSSR count). The highest BCUT2D eigenvalue weighted by molar-refractivity contribution is 5.63. The molecule has 0 bridgehead atoms. The molecule has 0 fully saturated rings. The average Bonchev–Trinajstić information content (AvgIpc) is 2.56. The van der Waals surface area contributed by atoms with Crippen LogP contribution in [0.3, 0.4) is 0 Å². The lowest BCUT2D eigenvalue weighted by Crippen LogP contribution is -2.21. The van der Waals surface area contributed by atoms with Crippen molar-refractivity contribution in [3.8, 4) is 0 Å². The van der Waals surface area contributed by atoms with Crippen LogP contribution < -0.4 is 4.90 Å². The molecule has 3 nitrogen and oxygen atoms in total. The van der Waals surface area contributed by atoms with Crippen LogP contribution in [0, 0.1) is 0 Å². The molecule has 0 unspecified atom stereocenters. The summed E-state index contributed by atoms with van der Waals surface area (Å²) in [6, 6.07) is 9.91. The molecule has 0 atom stereocenters. The Morgan fingerprint density at radius 1 is 1.18 bits per heavy atom. The molecule has 0 saturated heterocycles. The summed E-state index contributed by atoms with van der Waals surface area (Å²) in [6.07, 6.45) is 11.8. The minimum atomic E-state index is -0.347.